The van der Waals surface area contributed by atoms with E-state index in [0.29, 0.717) is 7.11 Å². The number of alkyl halides is 6. The molecule has 0 atom stereocenters. The van der Waals surface area contributed by atoms with E-state index in [4.69, 9.17) is 5.11 Å². The number of hydrogen-bond donors (Lipinski definition) is 1. The van der Waals surface area contributed by atoms with Crippen molar-refractivity contribution >= 4 is 5.97 Å². The molecule has 0 unspecified atom stereocenters. The van der Waals surface area contributed by atoms with E-state index >= 15 is 0 Å². The predicted molar refractivity (Wildman–Crippen MR) is 53.8 cm³/mol. The number of aromatic nitrogens is 1. The average Bonchev–Trinajstić information content (AvgIpc) is 2.23. The Bertz CT molecular complexity index is 540. The lowest BCUT2D eigenvalue weighted by molar-refractivity contribution is -0.276. The molecule has 1 N–H and O–H groups in total. The molecule has 1 aromatic rings. The molecule has 1 heterocycles. The maximum absolute atomic E-state index is 12.8. The summed E-state index contributed by atoms with van der Waals surface area (Å²) in [5.74, 6) is -4.36. The van der Waals surface area contributed by atoms with E-state index in [1.807, 2.05) is 0 Å². The van der Waals surface area contributed by atoms with Gasteiger partial charge < -0.3 is 14.6 Å². The topological polar surface area (TPSA) is 68.7 Å². The molecule has 0 saturated heterocycles. The van der Waals surface area contributed by atoms with E-state index in [1.165, 1.54) is 0 Å². The zero-order chi connectivity index (χ0) is 16.4. The minimum absolute atomic E-state index is 0.288. The molecule has 11 heteroatoms. The van der Waals surface area contributed by atoms with Crippen molar-refractivity contribution in [1.29, 1.82) is 0 Å². The molecule has 0 fully saturated rings. The highest BCUT2D eigenvalue weighted by Gasteiger charge is 2.40. The minimum Gasteiger partial charge on any atom is -0.491 e. The number of methoxy groups -OCH3 is 1. The first-order chi connectivity index (χ1) is 9.44. The number of rotatable bonds is 4. The number of hydrogen-bond acceptors (Lipinski definition) is 4. The summed E-state index contributed by atoms with van der Waals surface area (Å²) in [5, 5.41) is 8.50. The first-order valence-electron chi connectivity index (χ1n) is 5.06. The van der Waals surface area contributed by atoms with Gasteiger partial charge in [-0.25, -0.2) is 4.98 Å². The van der Waals surface area contributed by atoms with Gasteiger partial charge in [-0.2, -0.15) is 13.2 Å². The van der Waals surface area contributed by atoms with E-state index in [9.17, 15) is 31.1 Å². The Hall–Kier alpha value is -2.20. The van der Waals surface area contributed by atoms with Crippen LogP contribution in [0.5, 0.6) is 11.6 Å². The van der Waals surface area contributed by atoms with Crippen molar-refractivity contribution in [2.75, 3.05) is 7.11 Å². The van der Waals surface area contributed by atoms with Crippen molar-refractivity contribution in [3.05, 3.63) is 17.3 Å². The molecule has 118 valence electrons. The first kappa shape index (κ1) is 16.9. The Morgan fingerprint density at radius 1 is 1.29 bits per heavy atom. The molecule has 5 nitrogen and oxygen atoms in total. The number of pyridine rings is 1. The van der Waals surface area contributed by atoms with Gasteiger partial charge >= 0.3 is 18.5 Å². The quantitative estimate of drug-likeness (QED) is 0.864. The number of carbonyl (C=O) groups is 1. The predicted octanol–water partition coefficient (Wildman–Crippen LogP) is 2.63. The van der Waals surface area contributed by atoms with Crippen LogP contribution in [0, 0.1) is 0 Å². The molecule has 21 heavy (non-hydrogen) atoms. The molecule has 1 rings (SSSR count). The third-order valence-corrected chi connectivity index (χ3v) is 2.05. The van der Waals surface area contributed by atoms with Crippen LogP contribution in [0.4, 0.5) is 26.3 Å². The average molecular weight is 319 g/mol. The Morgan fingerprint density at radius 3 is 2.24 bits per heavy atom. The van der Waals surface area contributed by atoms with Crippen LogP contribution in [-0.4, -0.2) is 29.5 Å². The van der Waals surface area contributed by atoms with Crippen LogP contribution in [0.1, 0.15) is 11.3 Å². The van der Waals surface area contributed by atoms with Crippen LogP contribution in [-0.2, 0) is 17.4 Å². The highest BCUT2D eigenvalue weighted by Crippen LogP contribution is 2.42. The zero-order valence-corrected chi connectivity index (χ0v) is 10.2. The SMILES string of the molecule is COc1c(C(F)(F)F)cc(CC(=O)O)nc1OC(F)(F)F. The normalized spacial score (nSPS) is 12.1. The molecule has 0 aromatic carbocycles. The van der Waals surface area contributed by atoms with Crippen molar-refractivity contribution < 1.29 is 45.7 Å². The Morgan fingerprint density at radius 2 is 1.86 bits per heavy atom. The summed E-state index contributed by atoms with van der Waals surface area (Å²) in [5.41, 5.74) is -2.37. The highest BCUT2D eigenvalue weighted by molar-refractivity contribution is 5.70. The number of carboxylic acids is 1. The van der Waals surface area contributed by atoms with Gasteiger partial charge in [0.25, 0.3) is 5.88 Å². The molecule has 0 bridgehead atoms. The van der Waals surface area contributed by atoms with E-state index < -0.39 is 47.8 Å². The van der Waals surface area contributed by atoms with Gasteiger partial charge in [0.2, 0.25) is 0 Å². The fraction of sp³-hybridized carbons (Fsp3) is 0.400. The van der Waals surface area contributed by atoms with E-state index in [1.54, 1.807) is 0 Å². The lowest BCUT2D eigenvalue weighted by atomic mass is 10.1. The lowest BCUT2D eigenvalue weighted by Gasteiger charge is -2.17. The molecule has 0 saturated carbocycles. The Kier molecular flexibility index (Phi) is 4.54. The van der Waals surface area contributed by atoms with Crippen LogP contribution in [0.2, 0.25) is 0 Å². The highest BCUT2D eigenvalue weighted by atomic mass is 19.4. The Balaban J connectivity index is 3.48. The second kappa shape index (κ2) is 5.66. The molecule has 1 aromatic heterocycles. The third kappa shape index (κ3) is 4.68. The molecule has 0 aliphatic rings. The summed E-state index contributed by atoms with van der Waals surface area (Å²) >= 11 is 0. The van der Waals surface area contributed by atoms with Crippen molar-refractivity contribution in [3.63, 3.8) is 0 Å². The third-order valence-electron chi connectivity index (χ3n) is 2.05. The fourth-order valence-corrected chi connectivity index (χ4v) is 1.39. The largest absolute Gasteiger partial charge is 0.574 e. The van der Waals surface area contributed by atoms with Crippen LogP contribution >= 0.6 is 0 Å². The lowest BCUT2D eigenvalue weighted by Crippen LogP contribution is -2.21. The van der Waals surface area contributed by atoms with Gasteiger partial charge in [-0.05, 0) is 6.07 Å². The van der Waals surface area contributed by atoms with Crippen molar-refractivity contribution in [2.24, 2.45) is 0 Å². The first-order valence-corrected chi connectivity index (χ1v) is 5.06. The van der Waals surface area contributed by atoms with Gasteiger partial charge in [0, 0.05) is 0 Å². The number of carboxylic acid groups (broad SMARTS) is 1. The van der Waals surface area contributed by atoms with Crippen molar-refractivity contribution in [1.82, 2.24) is 4.98 Å². The second-order valence-electron chi connectivity index (χ2n) is 3.62. The van der Waals surface area contributed by atoms with Gasteiger partial charge in [0.1, 0.15) is 5.56 Å². The summed E-state index contributed by atoms with van der Waals surface area (Å²) in [6.45, 7) is 0. The smallest absolute Gasteiger partial charge is 0.491 e. The molecule has 0 radical (unpaired) electrons. The van der Waals surface area contributed by atoms with Crippen molar-refractivity contribution in [2.45, 2.75) is 19.0 Å². The van der Waals surface area contributed by atoms with Crippen LogP contribution in [0.15, 0.2) is 6.07 Å². The summed E-state index contributed by atoms with van der Waals surface area (Å²) < 4.78 is 82.4. The standard InChI is InChI=1S/C10H7F6NO4/c1-20-7-5(9(11,12)13)2-4(3-6(18)19)17-8(7)21-10(14,15)16/h2H,3H2,1H3,(H,18,19). The van der Waals surface area contributed by atoms with Gasteiger partial charge in [-0.1, -0.05) is 0 Å². The van der Waals surface area contributed by atoms with Gasteiger partial charge in [-0.3, -0.25) is 4.79 Å². The molecule has 0 spiro atoms. The van der Waals surface area contributed by atoms with Crippen LogP contribution < -0.4 is 9.47 Å². The molecular weight excluding hydrogens is 312 g/mol. The minimum atomic E-state index is -5.31. The molecule has 0 aliphatic carbocycles. The van der Waals surface area contributed by atoms with E-state index in [0.717, 1.165) is 0 Å². The van der Waals surface area contributed by atoms with Crippen molar-refractivity contribution in [3.8, 4) is 11.6 Å². The zero-order valence-electron chi connectivity index (χ0n) is 10.2. The number of halogens is 6. The van der Waals surface area contributed by atoms with Gasteiger partial charge in [-0.15, -0.1) is 13.2 Å². The monoisotopic (exact) mass is 319 g/mol. The summed E-state index contributed by atoms with van der Waals surface area (Å²) in [4.78, 5) is 13.6. The van der Waals surface area contributed by atoms with Crippen LogP contribution in [0.3, 0.4) is 0 Å². The maximum Gasteiger partial charge on any atom is 0.574 e. The number of nitrogens with zero attached hydrogens (tertiary/aromatic N) is 1. The Labute approximate surface area is 113 Å². The number of aliphatic carboxylic acids is 1. The second-order valence-corrected chi connectivity index (χ2v) is 3.62. The fourth-order valence-electron chi connectivity index (χ4n) is 1.39. The molecular formula is C10H7F6NO4. The summed E-state index contributed by atoms with van der Waals surface area (Å²) in [6, 6.07) is 0.288. The summed E-state index contributed by atoms with van der Waals surface area (Å²) in [6.07, 6.45) is -11.4. The van der Waals surface area contributed by atoms with Crippen LogP contribution in [0.25, 0.3) is 0 Å². The molecule has 0 aliphatic heterocycles. The van der Waals surface area contributed by atoms with E-state index in [2.05, 4.69) is 14.5 Å². The van der Waals surface area contributed by atoms with Gasteiger partial charge in [0.15, 0.2) is 5.75 Å². The maximum atomic E-state index is 12.8. The summed E-state index contributed by atoms with van der Waals surface area (Å²) in [7, 11) is 0.701. The van der Waals surface area contributed by atoms with E-state index in [-0.39, 0.29) is 6.07 Å². The molecule has 0 amide bonds. The number of ether oxygens (including phenoxy) is 2. The van der Waals surface area contributed by atoms with Gasteiger partial charge in [0.05, 0.1) is 19.2 Å².